The molecule has 0 N–H and O–H groups in total. The minimum absolute atomic E-state index is 0.0347. The van der Waals surface area contributed by atoms with Crippen molar-refractivity contribution in [3.63, 3.8) is 0 Å². The predicted octanol–water partition coefficient (Wildman–Crippen LogP) is 4.32. The van der Waals surface area contributed by atoms with Crippen LogP contribution < -0.4 is 4.74 Å². The summed E-state index contributed by atoms with van der Waals surface area (Å²) >= 11 is 0. The monoisotopic (exact) mass is 422 g/mol. The van der Waals surface area contributed by atoms with Crippen LogP contribution in [0.1, 0.15) is 25.0 Å². The van der Waals surface area contributed by atoms with Gasteiger partial charge in [0.1, 0.15) is 18.0 Å². The van der Waals surface area contributed by atoms with E-state index in [9.17, 15) is 9.18 Å². The molecule has 162 valence electrons. The molecule has 1 aromatic carbocycles. The van der Waals surface area contributed by atoms with Crippen molar-refractivity contribution in [3.8, 4) is 16.9 Å². The van der Waals surface area contributed by atoms with E-state index in [-0.39, 0.29) is 18.7 Å². The second-order valence-corrected chi connectivity index (χ2v) is 8.44. The summed E-state index contributed by atoms with van der Waals surface area (Å²) in [6, 6.07) is 14.3. The molecule has 0 bridgehead atoms. The van der Waals surface area contributed by atoms with Crippen molar-refractivity contribution < 1.29 is 13.9 Å². The smallest absolute Gasteiger partial charge is 0.320 e. The molecule has 2 aliphatic rings. The maximum Gasteiger partial charge on any atom is 0.320 e. The van der Waals surface area contributed by atoms with E-state index in [4.69, 9.17) is 4.74 Å². The number of likely N-dealkylation sites (tertiary alicyclic amines) is 2. The van der Waals surface area contributed by atoms with Crippen LogP contribution in [-0.4, -0.2) is 63.9 Å². The number of amides is 2. The normalized spacial score (nSPS) is 19.9. The number of hydrogen-bond donors (Lipinski definition) is 0. The van der Waals surface area contributed by atoms with Crippen molar-refractivity contribution in [1.29, 1.82) is 0 Å². The molecule has 2 aliphatic heterocycles. The number of urea groups is 1. The lowest BCUT2D eigenvalue weighted by molar-refractivity contribution is 0.0972. The number of aryl methyl sites for hydroxylation is 1. The summed E-state index contributed by atoms with van der Waals surface area (Å²) in [5.41, 5.74) is 4.46. The lowest BCUT2D eigenvalue weighted by Gasteiger charge is -2.34. The highest BCUT2D eigenvalue weighted by Crippen LogP contribution is 2.28. The van der Waals surface area contributed by atoms with Gasteiger partial charge in [0, 0.05) is 49.9 Å². The molecule has 1 atom stereocenters. The molecule has 2 fully saturated rings. The van der Waals surface area contributed by atoms with E-state index >= 15 is 0 Å². The quantitative estimate of drug-likeness (QED) is 0.632. The average Bonchev–Trinajstić information content (AvgIpc) is 3.44. The first kappa shape index (κ1) is 19.8. The first-order valence-electron chi connectivity index (χ1n) is 11.0. The lowest BCUT2D eigenvalue weighted by Crippen LogP contribution is -2.47. The molecule has 2 saturated heterocycles. The van der Waals surface area contributed by atoms with Crippen molar-refractivity contribution in [2.75, 3.05) is 26.2 Å². The zero-order chi connectivity index (χ0) is 21.4. The third-order valence-corrected chi connectivity index (χ3v) is 6.38. The molecule has 4 heterocycles. The fraction of sp³-hybridized carbons (Fsp3) is 0.417. The highest BCUT2D eigenvalue weighted by atomic mass is 19.1. The molecule has 2 amide bonds. The van der Waals surface area contributed by atoms with Gasteiger partial charge in [-0.1, -0.05) is 18.2 Å². The summed E-state index contributed by atoms with van der Waals surface area (Å²) < 4.78 is 21.5. The van der Waals surface area contributed by atoms with Crippen molar-refractivity contribution in [2.45, 2.75) is 38.5 Å². The number of hydrogen-bond acceptors (Lipinski definition) is 3. The minimum Gasteiger partial charge on any atom is -0.490 e. The summed E-state index contributed by atoms with van der Waals surface area (Å²) in [6.07, 6.45) is 3.05. The SMILES string of the molecule is Cc1c(-c2ccc(OC3CCN(C(=O)N4CC[C@H](F)C4)CC3)cc2)ccc2ccnn12. The molecule has 0 radical (unpaired) electrons. The number of alkyl halides is 1. The van der Waals surface area contributed by atoms with Crippen LogP contribution in [0, 0.1) is 6.92 Å². The average molecular weight is 423 g/mol. The third kappa shape index (κ3) is 3.96. The molecule has 6 nitrogen and oxygen atoms in total. The van der Waals surface area contributed by atoms with E-state index in [1.165, 1.54) is 0 Å². The number of rotatable bonds is 3. The predicted molar refractivity (Wildman–Crippen MR) is 117 cm³/mol. The van der Waals surface area contributed by atoms with Crippen LogP contribution in [-0.2, 0) is 0 Å². The third-order valence-electron chi connectivity index (χ3n) is 6.38. The number of benzene rings is 1. The van der Waals surface area contributed by atoms with E-state index < -0.39 is 6.17 Å². The molecular weight excluding hydrogens is 395 g/mol. The van der Waals surface area contributed by atoms with Gasteiger partial charge in [0.15, 0.2) is 0 Å². The molecule has 3 aromatic rings. The minimum atomic E-state index is -0.877. The Bertz CT molecular complexity index is 1070. The standard InChI is InChI=1S/C24H27FN4O2/c1-17-23(7-4-20-8-12-26-29(17)20)18-2-5-21(6-3-18)31-22-10-14-27(15-11-22)24(30)28-13-9-19(25)16-28/h2-8,12,19,22H,9-11,13-16H2,1H3/t19-/m0/s1. The van der Waals surface area contributed by atoms with Crippen LogP contribution in [0.25, 0.3) is 16.6 Å². The van der Waals surface area contributed by atoms with E-state index in [2.05, 4.69) is 36.3 Å². The summed E-state index contributed by atoms with van der Waals surface area (Å²) in [5, 5.41) is 4.39. The van der Waals surface area contributed by atoms with Gasteiger partial charge in [-0.3, -0.25) is 0 Å². The molecule has 2 aromatic heterocycles. The Balaban J connectivity index is 1.19. The van der Waals surface area contributed by atoms with Gasteiger partial charge in [0.05, 0.1) is 12.1 Å². The number of carbonyl (C=O) groups excluding carboxylic acids is 1. The molecule has 0 unspecified atom stereocenters. The van der Waals surface area contributed by atoms with Crippen molar-refractivity contribution in [3.05, 3.63) is 54.4 Å². The van der Waals surface area contributed by atoms with Crippen molar-refractivity contribution in [1.82, 2.24) is 19.4 Å². The van der Waals surface area contributed by atoms with E-state index in [1.807, 2.05) is 33.8 Å². The Morgan fingerprint density at radius 3 is 2.45 bits per heavy atom. The molecule has 0 aliphatic carbocycles. The number of aromatic nitrogens is 2. The maximum absolute atomic E-state index is 13.4. The van der Waals surface area contributed by atoms with Crippen LogP contribution in [0.3, 0.4) is 0 Å². The summed E-state index contributed by atoms with van der Waals surface area (Å²) in [7, 11) is 0. The van der Waals surface area contributed by atoms with Gasteiger partial charge in [-0.25, -0.2) is 13.7 Å². The highest BCUT2D eigenvalue weighted by Gasteiger charge is 2.31. The number of nitrogens with zero attached hydrogens (tertiary/aromatic N) is 4. The van der Waals surface area contributed by atoms with Gasteiger partial charge in [0.2, 0.25) is 0 Å². The number of pyridine rings is 1. The number of fused-ring (bicyclic) bond motifs is 1. The maximum atomic E-state index is 13.4. The van der Waals surface area contributed by atoms with E-state index in [0.717, 1.165) is 40.9 Å². The zero-order valence-electron chi connectivity index (χ0n) is 17.7. The van der Waals surface area contributed by atoms with Crippen LogP contribution in [0.15, 0.2) is 48.7 Å². The number of ether oxygens (including phenoxy) is 1. The Labute approximate surface area is 181 Å². The van der Waals surface area contributed by atoms with Crippen molar-refractivity contribution in [2.24, 2.45) is 0 Å². The Morgan fingerprint density at radius 2 is 1.74 bits per heavy atom. The first-order valence-corrected chi connectivity index (χ1v) is 11.0. The molecule has 5 rings (SSSR count). The van der Waals surface area contributed by atoms with Gasteiger partial charge in [-0.05, 0) is 43.2 Å². The fourth-order valence-corrected chi connectivity index (χ4v) is 4.59. The Hall–Kier alpha value is -3.09. The molecule has 31 heavy (non-hydrogen) atoms. The Morgan fingerprint density at radius 1 is 1.00 bits per heavy atom. The van der Waals surface area contributed by atoms with Crippen LogP contribution >= 0.6 is 0 Å². The summed E-state index contributed by atoms with van der Waals surface area (Å²) in [4.78, 5) is 16.0. The number of carbonyl (C=O) groups is 1. The van der Waals surface area contributed by atoms with Gasteiger partial charge in [-0.2, -0.15) is 5.10 Å². The molecule has 0 saturated carbocycles. The highest BCUT2D eigenvalue weighted by molar-refractivity contribution is 5.75. The number of piperidine rings is 1. The summed E-state index contributed by atoms with van der Waals surface area (Å²) in [5.74, 6) is 0.839. The molecule has 0 spiro atoms. The first-order chi connectivity index (χ1) is 15.1. The Kier molecular flexibility index (Phi) is 5.26. The second kappa shape index (κ2) is 8.21. The molecular formula is C24H27FN4O2. The van der Waals surface area contributed by atoms with E-state index in [0.29, 0.717) is 26.1 Å². The number of halogens is 1. The topological polar surface area (TPSA) is 50.1 Å². The van der Waals surface area contributed by atoms with E-state index in [1.54, 1.807) is 4.90 Å². The fourth-order valence-electron chi connectivity index (χ4n) is 4.59. The largest absolute Gasteiger partial charge is 0.490 e. The zero-order valence-corrected chi connectivity index (χ0v) is 17.7. The lowest BCUT2D eigenvalue weighted by atomic mass is 10.0. The van der Waals surface area contributed by atoms with Gasteiger partial charge in [0.25, 0.3) is 0 Å². The van der Waals surface area contributed by atoms with Crippen LogP contribution in [0.2, 0.25) is 0 Å². The van der Waals surface area contributed by atoms with Crippen LogP contribution in [0.4, 0.5) is 9.18 Å². The van der Waals surface area contributed by atoms with Gasteiger partial charge in [-0.15, -0.1) is 0 Å². The molecule has 7 heteroatoms. The van der Waals surface area contributed by atoms with Crippen LogP contribution in [0.5, 0.6) is 5.75 Å². The summed E-state index contributed by atoms with van der Waals surface area (Å²) in [6.45, 7) is 4.13. The van der Waals surface area contributed by atoms with Gasteiger partial charge >= 0.3 is 6.03 Å². The van der Waals surface area contributed by atoms with Gasteiger partial charge < -0.3 is 14.5 Å². The second-order valence-electron chi connectivity index (χ2n) is 8.44. The van der Waals surface area contributed by atoms with Crippen molar-refractivity contribution >= 4 is 11.5 Å².